The second kappa shape index (κ2) is 6.73. The van der Waals surface area contributed by atoms with Crippen LogP contribution in [0.25, 0.3) is 6.08 Å². The molecule has 0 aromatic heterocycles. The van der Waals surface area contributed by atoms with E-state index >= 15 is 0 Å². The summed E-state index contributed by atoms with van der Waals surface area (Å²) in [6.45, 7) is 0. The maximum Gasteiger partial charge on any atom is 0.329 e. The van der Waals surface area contributed by atoms with E-state index in [4.69, 9.17) is 9.47 Å². The molecule has 2 fully saturated rings. The molecule has 2 amide bonds. The number of esters is 1. The van der Waals surface area contributed by atoms with Crippen molar-refractivity contribution in [2.75, 3.05) is 19.1 Å². The lowest BCUT2D eigenvalue weighted by Crippen LogP contribution is -2.44. The number of imide groups is 1. The summed E-state index contributed by atoms with van der Waals surface area (Å²) in [6.07, 6.45) is 3.70. The fourth-order valence-corrected chi connectivity index (χ4v) is 4.93. The molecule has 0 radical (unpaired) electrons. The van der Waals surface area contributed by atoms with E-state index in [1.165, 1.54) is 12.0 Å². The van der Waals surface area contributed by atoms with Crippen LogP contribution in [0.1, 0.15) is 17.2 Å². The number of hydrogen-bond donors (Lipinski definition) is 0. The summed E-state index contributed by atoms with van der Waals surface area (Å²) >= 11 is 0. The first-order chi connectivity index (χ1) is 14.6. The summed E-state index contributed by atoms with van der Waals surface area (Å²) in [6, 6.07) is 13.2. The summed E-state index contributed by atoms with van der Waals surface area (Å²) in [7, 11) is 2.85. The molecular formula is C23H20N2O5. The SMILES string of the molecule is COC(=O)[C@@H]1[C@@H]2C(=O)N(c3ccc(OC)cc3)C(=O)[C@@H]2[C@H]2c3ccccc3C=CN12. The number of nitrogens with zero attached hydrogens (tertiary/aromatic N) is 2. The maximum absolute atomic E-state index is 13.5. The zero-order valence-electron chi connectivity index (χ0n) is 16.5. The fraction of sp³-hybridized carbons (Fsp3) is 0.261. The van der Waals surface area contributed by atoms with Crippen LogP contribution < -0.4 is 9.64 Å². The van der Waals surface area contributed by atoms with Gasteiger partial charge >= 0.3 is 5.97 Å². The van der Waals surface area contributed by atoms with Crippen molar-refractivity contribution < 1.29 is 23.9 Å². The lowest BCUT2D eigenvalue weighted by atomic mass is 9.84. The molecule has 0 spiro atoms. The number of rotatable bonds is 3. The average Bonchev–Trinajstić information content (AvgIpc) is 3.26. The summed E-state index contributed by atoms with van der Waals surface area (Å²) in [5.74, 6) is -2.06. The molecule has 5 rings (SSSR count). The zero-order chi connectivity index (χ0) is 21.0. The molecular weight excluding hydrogens is 384 g/mol. The minimum absolute atomic E-state index is 0.304. The largest absolute Gasteiger partial charge is 0.497 e. The standard InChI is InChI=1S/C23H20N2O5/c1-29-15-9-7-14(8-10-15)25-21(26)17-18(22(25)27)20(23(28)30-2)24-12-11-13-5-3-4-6-16(13)19(17)24/h3-12,17-20H,1-2H3/t17-,18+,19+,20-/m0/s1. The van der Waals surface area contributed by atoms with Crippen molar-refractivity contribution in [3.8, 4) is 5.75 Å². The van der Waals surface area contributed by atoms with E-state index in [9.17, 15) is 14.4 Å². The smallest absolute Gasteiger partial charge is 0.329 e. The Bertz CT molecular complexity index is 1080. The van der Waals surface area contributed by atoms with E-state index in [-0.39, 0.29) is 11.8 Å². The van der Waals surface area contributed by atoms with Crippen molar-refractivity contribution in [3.63, 3.8) is 0 Å². The highest BCUT2D eigenvalue weighted by atomic mass is 16.5. The Hall–Kier alpha value is -3.61. The first-order valence-corrected chi connectivity index (χ1v) is 9.71. The van der Waals surface area contributed by atoms with Crippen molar-refractivity contribution >= 4 is 29.5 Å². The molecule has 0 aliphatic carbocycles. The highest BCUT2D eigenvalue weighted by Crippen LogP contribution is 2.53. The third kappa shape index (κ3) is 2.41. The van der Waals surface area contributed by atoms with Crippen molar-refractivity contribution in [3.05, 3.63) is 65.9 Å². The Kier molecular flexibility index (Phi) is 4.13. The van der Waals surface area contributed by atoms with Crippen molar-refractivity contribution in [1.82, 2.24) is 4.90 Å². The number of hydrogen-bond acceptors (Lipinski definition) is 6. The van der Waals surface area contributed by atoms with Gasteiger partial charge in [-0.15, -0.1) is 0 Å². The van der Waals surface area contributed by atoms with Crippen LogP contribution in [0.2, 0.25) is 0 Å². The van der Waals surface area contributed by atoms with Gasteiger partial charge in [-0.1, -0.05) is 24.3 Å². The van der Waals surface area contributed by atoms with E-state index in [1.807, 2.05) is 35.2 Å². The second-order valence-corrected chi connectivity index (χ2v) is 7.57. The van der Waals surface area contributed by atoms with Gasteiger partial charge in [-0.05, 0) is 41.5 Å². The highest BCUT2D eigenvalue weighted by molar-refractivity contribution is 6.23. The van der Waals surface area contributed by atoms with Gasteiger partial charge < -0.3 is 14.4 Å². The van der Waals surface area contributed by atoms with Crippen LogP contribution >= 0.6 is 0 Å². The van der Waals surface area contributed by atoms with Crippen LogP contribution in [-0.2, 0) is 19.1 Å². The lowest BCUT2D eigenvalue weighted by Gasteiger charge is -2.34. The fourth-order valence-electron chi connectivity index (χ4n) is 4.93. The summed E-state index contributed by atoms with van der Waals surface area (Å²) in [5.41, 5.74) is 2.38. The number of carbonyl (C=O) groups excluding carboxylic acids is 3. The molecule has 0 bridgehead atoms. The highest BCUT2D eigenvalue weighted by Gasteiger charge is 2.65. The number of carbonyl (C=O) groups is 3. The van der Waals surface area contributed by atoms with Gasteiger partial charge in [0.25, 0.3) is 0 Å². The van der Waals surface area contributed by atoms with Crippen molar-refractivity contribution in [1.29, 1.82) is 0 Å². The quantitative estimate of drug-likeness (QED) is 0.578. The van der Waals surface area contributed by atoms with Gasteiger partial charge in [0.2, 0.25) is 11.8 Å². The number of ether oxygens (including phenoxy) is 2. The van der Waals surface area contributed by atoms with Gasteiger partial charge in [0, 0.05) is 6.20 Å². The number of fused-ring (bicyclic) bond motifs is 5. The van der Waals surface area contributed by atoms with Gasteiger partial charge in [0.15, 0.2) is 0 Å². The maximum atomic E-state index is 13.5. The molecule has 30 heavy (non-hydrogen) atoms. The molecule has 2 aromatic carbocycles. The molecule has 0 saturated carbocycles. The number of amides is 2. The van der Waals surface area contributed by atoms with Crippen LogP contribution in [0.3, 0.4) is 0 Å². The summed E-state index contributed by atoms with van der Waals surface area (Å²) in [4.78, 5) is 42.7. The van der Waals surface area contributed by atoms with Crippen LogP contribution in [0.15, 0.2) is 54.7 Å². The molecule has 152 valence electrons. The zero-order valence-corrected chi connectivity index (χ0v) is 16.5. The third-order valence-corrected chi connectivity index (χ3v) is 6.23. The topological polar surface area (TPSA) is 76.1 Å². The molecule has 0 unspecified atom stereocenters. The van der Waals surface area contributed by atoms with E-state index in [0.717, 1.165) is 11.1 Å². The van der Waals surface area contributed by atoms with Crippen LogP contribution in [0.4, 0.5) is 5.69 Å². The molecule has 0 N–H and O–H groups in total. The minimum atomic E-state index is -0.852. The summed E-state index contributed by atoms with van der Waals surface area (Å²) in [5, 5.41) is 0. The Morgan fingerprint density at radius 1 is 0.933 bits per heavy atom. The van der Waals surface area contributed by atoms with Crippen molar-refractivity contribution in [2.24, 2.45) is 11.8 Å². The first-order valence-electron chi connectivity index (χ1n) is 9.71. The van der Waals surface area contributed by atoms with Gasteiger partial charge in [-0.2, -0.15) is 0 Å². The molecule has 7 nitrogen and oxygen atoms in total. The predicted octanol–water partition coefficient (Wildman–Crippen LogP) is 2.38. The van der Waals surface area contributed by atoms with E-state index in [2.05, 4.69) is 0 Å². The Morgan fingerprint density at radius 2 is 1.63 bits per heavy atom. The average molecular weight is 404 g/mol. The van der Waals surface area contributed by atoms with Crippen LogP contribution in [-0.4, -0.2) is 42.9 Å². The Labute approximate surface area is 173 Å². The third-order valence-electron chi connectivity index (χ3n) is 6.23. The van der Waals surface area contributed by atoms with E-state index < -0.39 is 29.9 Å². The molecule has 3 aliphatic heterocycles. The van der Waals surface area contributed by atoms with E-state index in [1.54, 1.807) is 37.6 Å². The molecule has 3 aliphatic rings. The molecule has 4 atom stereocenters. The van der Waals surface area contributed by atoms with Gasteiger partial charge in [-0.3, -0.25) is 9.59 Å². The van der Waals surface area contributed by atoms with E-state index in [0.29, 0.717) is 11.4 Å². The first kappa shape index (κ1) is 18.4. The molecule has 3 heterocycles. The lowest BCUT2D eigenvalue weighted by molar-refractivity contribution is -0.148. The molecule has 2 saturated heterocycles. The Morgan fingerprint density at radius 3 is 2.33 bits per heavy atom. The Balaban J connectivity index is 1.62. The van der Waals surface area contributed by atoms with Crippen LogP contribution in [0.5, 0.6) is 5.75 Å². The van der Waals surface area contributed by atoms with Gasteiger partial charge in [0.1, 0.15) is 11.8 Å². The van der Waals surface area contributed by atoms with Gasteiger partial charge in [-0.25, -0.2) is 9.69 Å². The van der Waals surface area contributed by atoms with Crippen molar-refractivity contribution in [2.45, 2.75) is 12.1 Å². The minimum Gasteiger partial charge on any atom is -0.497 e. The number of methoxy groups -OCH3 is 2. The van der Waals surface area contributed by atoms with Gasteiger partial charge in [0.05, 0.1) is 37.8 Å². The predicted molar refractivity (Wildman–Crippen MR) is 108 cm³/mol. The summed E-state index contributed by atoms with van der Waals surface area (Å²) < 4.78 is 10.2. The monoisotopic (exact) mass is 404 g/mol. The number of benzene rings is 2. The molecule has 2 aromatic rings. The second-order valence-electron chi connectivity index (χ2n) is 7.57. The van der Waals surface area contributed by atoms with Crippen LogP contribution in [0, 0.1) is 11.8 Å². The molecule has 7 heteroatoms. The number of anilines is 1. The normalized spacial score (nSPS) is 26.3.